The van der Waals surface area contributed by atoms with E-state index in [0.29, 0.717) is 0 Å². The number of aliphatic imine (C=N–C) groups is 1. The van der Waals surface area contributed by atoms with Crippen molar-refractivity contribution in [1.29, 1.82) is 0 Å². The summed E-state index contributed by atoms with van der Waals surface area (Å²) < 4.78 is 0. The summed E-state index contributed by atoms with van der Waals surface area (Å²) in [5.41, 5.74) is 2.82. The number of hydrogen-bond acceptors (Lipinski definition) is 4. The Morgan fingerprint density at radius 3 is 2.39 bits per heavy atom. The Hall–Kier alpha value is -2.23. The standard InChI is InChI=1S/C15H17N3O.2C2H6/c1-3-5-8-17-13(4-2)14-11-15(19-18-14)12-6-9-16-10-7-12;2*1-2/h3-10,15H,11H2,1-2H3;2*1-2H3/b5-3-,13-4-,17-8-;;. The number of nitrogens with zero attached hydrogens (tertiary/aromatic N) is 3. The van der Waals surface area contributed by atoms with Gasteiger partial charge < -0.3 is 4.84 Å². The molecule has 1 aromatic rings. The van der Waals surface area contributed by atoms with Gasteiger partial charge in [-0.15, -0.1) is 0 Å². The van der Waals surface area contributed by atoms with Crippen LogP contribution in [0.1, 0.15) is 59.6 Å². The zero-order valence-electron chi connectivity index (χ0n) is 15.2. The first-order valence-electron chi connectivity index (χ1n) is 8.29. The van der Waals surface area contributed by atoms with Gasteiger partial charge in [0.15, 0.2) is 6.10 Å². The molecular formula is C19H29N3O. The molecule has 0 saturated heterocycles. The van der Waals surface area contributed by atoms with Crippen LogP contribution in [0, 0.1) is 0 Å². The van der Waals surface area contributed by atoms with Crippen molar-refractivity contribution in [3.63, 3.8) is 0 Å². The van der Waals surface area contributed by atoms with Gasteiger partial charge in [-0.1, -0.05) is 45.0 Å². The van der Waals surface area contributed by atoms with Crippen LogP contribution in [0.4, 0.5) is 0 Å². The molecule has 0 fully saturated rings. The fraction of sp³-hybridized carbons (Fsp3) is 0.421. The highest BCUT2D eigenvalue weighted by Gasteiger charge is 2.24. The monoisotopic (exact) mass is 315 g/mol. The highest BCUT2D eigenvalue weighted by molar-refractivity contribution is 6.01. The zero-order valence-corrected chi connectivity index (χ0v) is 15.2. The maximum absolute atomic E-state index is 5.47. The van der Waals surface area contributed by atoms with E-state index < -0.39 is 0 Å². The summed E-state index contributed by atoms with van der Waals surface area (Å²) in [6, 6.07) is 3.89. The van der Waals surface area contributed by atoms with Gasteiger partial charge in [-0.05, 0) is 37.6 Å². The molecule has 1 aliphatic heterocycles. The van der Waals surface area contributed by atoms with Gasteiger partial charge in [0.2, 0.25) is 0 Å². The number of pyridine rings is 1. The average molecular weight is 315 g/mol. The topological polar surface area (TPSA) is 46.8 Å². The quantitative estimate of drug-likeness (QED) is 0.688. The average Bonchev–Trinajstić information content (AvgIpc) is 3.13. The van der Waals surface area contributed by atoms with Crippen molar-refractivity contribution in [3.8, 4) is 0 Å². The van der Waals surface area contributed by atoms with Crippen LogP contribution >= 0.6 is 0 Å². The van der Waals surface area contributed by atoms with Gasteiger partial charge in [-0.2, -0.15) is 0 Å². The van der Waals surface area contributed by atoms with Crippen molar-refractivity contribution in [1.82, 2.24) is 4.98 Å². The third kappa shape index (κ3) is 7.04. The van der Waals surface area contributed by atoms with Crippen LogP contribution in [0.25, 0.3) is 0 Å². The van der Waals surface area contributed by atoms with Crippen molar-refractivity contribution in [3.05, 3.63) is 54.0 Å². The first kappa shape index (κ1) is 20.8. The van der Waals surface area contributed by atoms with E-state index in [2.05, 4.69) is 15.1 Å². The van der Waals surface area contributed by atoms with E-state index in [1.165, 1.54) is 0 Å². The molecule has 4 heteroatoms. The Kier molecular flexibility index (Phi) is 12.1. The second kappa shape index (κ2) is 13.4. The lowest BCUT2D eigenvalue weighted by Gasteiger charge is -2.07. The predicted octanol–water partition coefficient (Wildman–Crippen LogP) is 5.50. The Morgan fingerprint density at radius 1 is 1.17 bits per heavy atom. The molecule has 2 rings (SSSR count). The normalized spacial score (nSPS) is 17.0. The summed E-state index contributed by atoms with van der Waals surface area (Å²) in [6.45, 7) is 11.9. The first-order chi connectivity index (χ1) is 11.3. The van der Waals surface area contributed by atoms with Gasteiger partial charge in [0, 0.05) is 25.0 Å². The minimum Gasteiger partial charge on any atom is -0.387 e. The number of allylic oxidation sites excluding steroid dienone is 4. The fourth-order valence-corrected chi connectivity index (χ4v) is 1.81. The molecule has 0 bridgehead atoms. The Bertz CT molecular complexity index is 531. The minimum absolute atomic E-state index is 0.0372. The van der Waals surface area contributed by atoms with Gasteiger partial charge in [0.1, 0.15) is 5.71 Å². The summed E-state index contributed by atoms with van der Waals surface area (Å²) >= 11 is 0. The summed E-state index contributed by atoms with van der Waals surface area (Å²) in [7, 11) is 0. The lowest BCUT2D eigenvalue weighted by atomic mass is 10.0. The van der Waals surface area contributed by atoms with Crippen molar-refractivity contribution >= 4 is 11.9 Å². The molecule has 126 valence electrons. The van der Waals surface area contributed by atoms with E-state index >= 15 is 0 Å². The van der Waals surface area contributed by atoms with Gasteiger partial charge >= 0.3 is 0 Å². The van der Waals surface area contributed by atoms with Crippen LogP contribution in [0.2, 0.25) is 0 Å². The summed E-state index contributed by atoms with van der Waals surface area (Å²) in [4.78, 5) is 13.8. The van der Waals surface area contributed by atoms with Crippen LogP contribution < -0.4 is 0 Å². The molecular weight excluding hydrogens is 286 g/mol. The number of oxime groups is 1. The van der Waals surface area contributed by atoms with Crippen molar-refractivity contribution < 1.29 is 4.84 Å². The van der Waals surface area contributed by atoms with Gasteiger partial charge in [0.25, 0.3) is 0 Å². The minimum atomic E-state index is -0.0372. The van der Waals surface area contributed by atoms with Crippen molar-refractivity contribution in [2.75, 3.05) is 0 Å². The van der Waals surface area contributed by atoms with E-state index in [-0.39, 0.29) is 6.10 Å². The lowest BCUT2D eigenvalue weighted by molar-refractivity contribution is 0.0857. The highest BCUT2D eigenvalue weighted by Crippen LogP contribution is 2.29. The number of rotatable bonds is 4. The molecule has 1 atom stereocenters. The third-order valence-corrected chi connectivity index (χ3v) is 2.81. The number of hydrogen-bond donors (Lipinski definition) is 0. The molecule has 1 aromatic heterocycles. The Morgan fingerprint density at radius 2 is 1.83 bits per heavy atom. The molecule has 1 aliphatic rings. The van der Waals surface area contributed by atoms with Crippen LogP contribution in [0.3, 0.4) is 0 Å². The molecule has 4 nitrogen and oxygen atoms in total. The molecule has 0 spiro atoms. The van der Waals surface area contributed by atoms with Gasteiger partial charge in [-0.3, -0.25) is 9.98 Å². The summed E-state index contributed by atoms with van der Waals surface area (Å²) in [5, 5.41) is 4.13. The van der Waals surface area contributed by atoms with E-state index in [1.54, 1.807) is 18.6 Å². The molecule has 1 unspecified atom stereocenters. The second-order valence-electron chi connectivity index (χ2n) is 4.09. The molecule has 0 amide bonds. The van der Waals surface area contributed by atoms with Crippen LogP contribution in [0.15, 0.2) is 58.6 Å². The third-order valence-electron chi connectivity index (χ3n) is 2.81. The smallest absolute Gasteiger partial charge is 0.158 e. The molecule has 23 heavy (non-hydrogen) atoms. The lowest BCUT2D eigenvalue weighted by Crippen LogP contribution is -2.02. The van der Waals surface area contributed by atoms with Gasteiger partial charge in [0.05, 0.1) is 5.70 Å². The molecule has 0 N–H and O–H groups in total. The Labute approximate surface area is 140 Å². The summed E-state index contributed by atoms with van der Waals surface area (Å²) in [5.74, 6) is 0. The number of aromatic nitrogens is 1. The Balaban J connectivity index is 0.00000112. The highest BCUT2D eigenvalue weighted by atomic mass is 16.6. The van der Waals surface area contributed by atoms with E-state index in [4.69, 9.17) is 4.84 Å². The molecule has 0 radical (unpaired) electrons. The molecule has 0 aromatic carbocycles. The molecule has 0 saturated carbocycles. The van der Waals surface area contributed by atoms with Crippen LogP contribution in [0.5, 0.6) is 0 Å². The van der Waals surface area contributed by atoms with Crippen LogP contribution in [-0.4, -0.2) is 16.9 Å². The van der Waals surface area contributed by atoms with Crippen LogP contribution in [-0.2, 0) is 4.84 Å². The van der Waals surface area contributed by atoms with E-state index in [9.17, 15) is 0 Å². The molecule has 0 aliphatic carbocycles. The van der Waals surface area contributed by atoms with E-state index in [0.717, 1.165) is 23.4 Å². The van der Waals surface area contributed by atoms with Crippen molar-refractivity contribution in [2.24, 2.45) is 10.1 Å². The zero-order chi connectivity index (χ0) is 17.5. The van der Waals surface area contributed by atoms with Crippen molar-refractivity contribution in [2.45, 2.75) is 54.1 Å². The molecule has 2 heterocycles. The fourth-order valence-electron chi connectivity index (χ4n) is 1.81. The maximum Gasteiger partial charge on any atom is 0.158 e. The first-order valence-corrected chi connectivity index (χ1v) is 8.29. The summed E-state index contributed by atoms with van der Waals surface area (Å²) in [6.07, 6.45) is 11.7. The van der Waals surface area contributed by atoms with Gasteiger partial charge in [-0.25, -0.2) is 0 Å². The SMILES string of the molecule is CC.CC.C\C=C/C=N\C(=C/C)C1=NOC(c2ccncc2)C1. The largest absolute Gasteiger partial charge is 0.387 e. The van der Waals surface area contributed by atoms with E-state index in [1.807, 2.05) is 71.9 Å². The predicted molar refractivity (Wildman–Crippen MR) is 99.9 cm³/mol. The maximum atomic E-state index is 5.47. The second-order valence-corrected chi connectivity index (χ2v) is 4.09.